The fraction of sp³-hybridized carbons (Fsp3) is 0.462. The summed E-state index contributed by atoms with van der Waals surface area (Å²) < 4.78 is 5.83. The van der Waals surface area contributed by atoms with Crippen molar-refractivity contribution in [3.05, 3.63) is 35.9 Å². The van der Waals surface area contributed by atoms with Gasteiger partial charge < -0.3 is 9.84 Å². The molecule has 0 unspecified atom stereocenters. The number of rotatable bonds is 4. The van der Waals surface area contributed by atoms with Crippen LogP contribution in [0.15, 0.2) is 30.3 Å². The van der Waals surface area contributed by atoms with E-state index in [4.69, 9.17) is 9.84 Å². The molecule has 3 aliphatic carbocycles. The highest BCUT2D eigenvalue weighted by Crippen LogP contribution is 2.69. The molecular weight excluding hydrogens is 204 g/mol. The third-order valence-corrected chi connectivity index (χ3v) is 3.82. The summed E-state index contributed by atoms with van der Waals surface area (Å²) in [5.74, 6) is -0.655. The van der Waals surface area contributed by atoms with Gasteiger partial charge in [-0.2, -0.15) is 0 Å². The third kappa shape index (κ3) is 1.28. The molecule has 0 atom stereocenters. The molecule has 0 aliphatic heterocycles. The van der Waals surface area contributed by atoms with E-state index in [0.717, 1.165) is 5.56 Å². The number of aliphatic carboxylic acids is 1. The van der Waals surface area contributed by atoms with Crippen molar-refractivity contribution in [2.24, 2.45) is 5.41 Å². The Hall–Kier alpha value is -1.35. The molecule has 0 saturated heterocycles. The van der Waals surface area contributed by atoms with Gasteiger partial charge in [-0.15, -0.1) is 0 Å². The highest BCUT2D eigenvalue weighted by molar-refractivity contribution is 5.79. The van der Waals surface area contributed by atoms with Crippen LogP contribution in [0, 0.1) is 5.41 Å². The zero-order chi connectivity index (χ0) is 11.2. The van der Waals surface area contributed by atoms with Gasteiger partial charge >= 0.3 is 5.97 Å². The normalized spacial score (nSPS) is 35.0. The topological polar surface area (TPSA) is 46.5 Å². The van der Waals surface area contributed by atoms with E-state index in [1.807, 2.05) is 30.3 Å². The second kappa shape index (κ2) is 3.08. The second-order valence-corrected chi connectivity index (χ2v) is 5.07. The van der Waals surface area contributed by atoms with Gasteiger partial charge in [0.1, 0.15) is 0 Å². The maximum absolute atomic E-state index is 10.9. The molecule has 3 nitrogen and oxygen atoms in total. The van der Waals surface area contributed by atoms with Crippen molar-refractivity contribution in [3.63, 3.8) is 0 Å². The largest absolute Gasteiger partial charge is 0.481 e. The van der Waals surface area contributed by atoms with Crippen molar-refractivity contribution in [3.8, 4) is 0 Å². The van der Waals surface area contributed by atoms with Crippen LogP contribution in [0.25, 0.3) is 0 Å². The lowest BCUT2D eigenvalue weighted by molar-refractivity contribution is -0.286. The number of hydrogen-bond donors (Lipinski definition) is 1. The van der Waals surface area contributed by atoms with E-state index in [9.17, 15) is 4.79 Å². The molecule has 0 aromatic heterocycles. The average molecular weight is 218 g/mol. The molecule has 0 amide bonds. The molecule has 3 heteroatoms. The lowest BCUT2D eigenvalue weighted by Crippen LogP contribution is -2.71. The van der Waals surface area contributed by atoms with Crippen LogP contribution in [0.4, 0.5) is 0 Å². The summed E-state index contributed by atoms with van der Waals surface area (Å²) in [5.41, 5.74) is 0.599. The van der Waals surface area contributed by atoms with Gasteiger partial charge in [-0.1, -0.05) is 30.3 Å². The molecule has 0 spiro atoms. The standard InChI is InChI=1S/C13H14O3/c14-11(15)12-7-13(8-12,9-12)16-6-10-4-2-1-3-5-10/h1-5H,6-9H2,(H,14,15). The van der Waals surface area contributed by atoms with Crippen molar-refractivity contribution < 1.29 is 14.6 Å². The number of hydrogen-bond acceptors (Lipinski definition) is 2. The fourth-order valence-electron chi connectivity index (χ4n) is 2.89. The molecule has 4 rings (SSSR count). The molecule has 0 heterocycles. The minimum absolute atomic E-state index is 0.117. The van der Waals surface area contributed by atoms with Crippen molar-refractivity contribution >= 4 is 5.97 Å². The Balaban J connectivity index is 1.55. The number of carbonyl (C=O) groups is 1. The third-order valence-electron chi connectivity index (χ3n) is 3.82. The molecule has 84 valence electrons. The highest BCUT2D eigenvalue weighted by atomic mass is 16.5. The predicted octanol–water partition coefficient (Wildman–Crippen LogP) is 2.21. The zero-order valence-corrected chi connectivity index (χ0v) is 8.98. The quantitative estimate of drug-likeness (QED) is 0.842. The first-order chi connectivity index (χ1) is 7.64. The SMILES string of the molecule is O=C(O)C12CC(OCc3ccccc3)(C1)C2. The molecule has 3 fully saturated rings. The van der Waals surface area contributed by atoms with Crippen LogP contribution in [0.1, 0.15) is 24.8 Å². The summed E-state index contributed by atoms with van der Waals surface area (Å²) in [6.07, 6.45) is 2.09. The molecule has 3 saturated carbocycles. The molecule has 3 aliphatic rings. The van der Waals surface area contributed by atoms with Crippen LogP contribution in [-0.2, 0) is 16.1 Å². The number of ether oxygens (including phenoxy) is 1. The van der Waals surface area contributed by atoms with Crippen molar-refractivity contribution in [2.75, 3.05) is 0 Å². The summed E-state index contributed by atoms with van der Waals surface area (Å²) in [5, 5.41) is 8.97. The van der Waals surface area contributed by atoms with Gasteiger partial charge in [0.25, 0.3) is 0 Å². The predicted molar refractivity (Wildman–Crippen MR) is 57.9 cm³/mol. The van der Waals surface area contributed by atoms with Crippen molar-refractivity contribution in [1.29, 1.82) is 0 Å². The van der Waals surface area contributed by atoms with E-state index in [-0.39, 0.29) is 5.60 Å². The smallest absolute Gasteiger partial charge is 0.309 e. The molecule has 2 bridgehead atoms. The number of carboxylic acid groups (broad SMARTS) is 1. The van der Waals surface area contributed by atoms with E-state index >= 15 is 0 Å². The lowest BCUT2D eigenvalue weighted by Gasteiger charge is -2.67. The van der Waals surface area contributed by atoms with Crippen LogP contribution in [-0.4, -0.2) is 16.7 Å². The minimum atomic E-state index is -0.655. The maximum atomic E-state index is 10.9. The van der Waals surface area contributed by atoms with Crippen LogP contribution < -0.4 is 0 Å². The first-order valence-corrected chi connectivity index (χ1v) is 5.56. The van der Waals surface area contributed by atoms with E-state index < -0.39 is 11.4 Å². The van der Waals surface area contributed by atoms with Crippen LogP contribution in [0.5, 0.6) is 0 Å². The Morgan fingerprint density at radius 3 is 2.44 bits per heavy atom. The lowest BCUT2D eigenvalue weighted by atomic mass is 9.41. The second-order valence-electron chi connectivity index (χ2n) is 5.07. The summed E-state index contributed by atoms with van der Waals surface area (Å²) in [6, 6.07) is 10.00. The van der Waals surface area contributed by atoms with Crippen molar-refractivity contribution in [2.45, 2.75) is 31.5 Å². The van der Waals surface area contributed by atoms with Gasteiger partial charge in [0, 0.05) is 0 Å². The number of benzene rings is 1. The van der Waals surface area contributed by atoms with Gasteiger partial charge in [0.15, 0.2) is 0 Å². The average Bonchev–Trinajstić information content (AvgIpc) is 2.14. The number of carboxylic acids is 1. The van der Waals surface area contributed by atoms with E-state index in [1.54, 1.807) is 0 Å². The van der Waals surface area contributed by atoms with Gasteiger partial charge in [-0.3, -0.25) is 4.79 Å². The van der Waals surface area contributed by atoms with E-state index in [0.29, 0.717) is 25.9 Å². The maximum Gasteiger partial charge on any atom is 0.309 e. The summed E-state index contributed by atoms with van der Waals surface area (Å²) >= 11 is 0. The monoisotopic (exact) mass is 218 g/mol. The van der Waals surface area contributed by atoms with Gasteiger partial charge in [-0.05, 0) is 24.8 Å². The Morgan fingerprint density at radius 2 is 1.88 bits per heavy atom. The summed E-state index contributed by atoms with van der Waals surface area (Å²) in [7, 11) is 0. The van der Waals surface area contributed by atoms with Gasteiger partial charge in [0.2, 0.25) is 0 Å². The Morgan fingerprint density at radius 1 is 1.25 bits per heavy atom. The fourth-order valence-corrected chi connectivity index (χ4v) is 2.89. The first-order valence-electron chi connectivity index (χ1n) is 5.56. The van der Waals surface area contributed by atoms with Crippen molar-refractivity contribution in [1.82, 2.24) is 0 Å². The van der Waals surface area contributed by atoms with Crippen LogP contribution in [0.2, 0.25) is 0 Å². The van der Waals surface area contributed by atoms with Crippen LogP contribution in [0.3, 0.4) is 0 Å². The zero-order valence-electron chi connectivity index (χ0n) is 8.98. The molecule has 16 heavy (non-hydrogen) atoms. The van der Waals surface area contributed by atoms with Crippen LogP contribution >= 0.6 is 0 Å². The molecular formula is C13H14O3. The Bertz CT molecular complexity index is 404. The molecule has 1 aromatic carbocycles. The molecule has 0 radical (unpaired) electrons. The van der Waals surface area contributed by atoms with Gasteiger partial charge in [-0.25, -0.2) is 0 Å². The Kier molecular flexibility index (Phi) is 1.89. The summed E-state index contributed by atoms with van der Waals surface area (Å²) in [4.78, 5) is 10.9. The minimum Gasteiger partial charge on any atom is -0.481 e. The molecule has 1 N–H and O–H groups in total. The van der Waals surface area contributed by atoms with E-state index in [2.05, 4.69) is 0 Å². The van der Waals surface area contributed by atoms with Gasteiger partial charge in [0.05, 0.1) is 17.6 Å². The molecule has 1 aromatic rings. The highest BCUT2D eigenvalue weighted by Gasteiger charge is 2.73. The first kappa shape index (κ1) is 9.85. The summed E-state index contributed by atoms with van der Waals surface area (Å²) in [6.45, 7) is 0.594. The van der Waals surface area contributed by atoms with E-state index in [1.165, 1.54) is 0 Å². The Labute approximate surface area is 94.0 Å².